The summed E-state index contributed by atoms with van der Waals surface area (Å²) >= 11 is 0. The largest absolute Gasteiger partial charge is 0.460 e. The molecule has 0 aromatic carbocycles. The van der Waals surface area contributed by atoms with Crippen LogP contribution in [0.4, 0.5) is 0 Å². The van der Waals surface area contributed by atoms with Gasteiger partial charge in [0.05, 0.1) is 12.2 Å². The molecule has 0 aromatic heterocycles. The SMILES string of the molecule is C=CC(=O)OCCOC(C)(C)CCO. The van der Waals surface area contributed by atoms with Crippen LogP contribution in [0.3, 0.4) is 0 Å². The Kier molecular flexibility index (Phi) is 6.16. The third-order valence-electron chi connectivity index (χ3n) is 1.70. The molecule has 0 aromatic rings. The first-order valence-electron chi connectivity index (χ1n) is 4.56. The minimum Gasteiger partial charge on any atom is -0.460 e. The van der Waals surface area contributed by atoms with E-state index in [0.29, 0.717) is 13.0 Å². The molecule has 0 radical (unpaired) electrons. The van der Waals surface area contributed by atoms with Crippen molar-refractivity contribution >= 4 is 5.97 Å². The molecule has 4 heteroatoms. The lowest BCUT2D eigenvalue weighted by Crippen LogP contribution is -2.27. The van der Waals surface area contributed by atoms with E-state index in [2.05, 4.69) is 6.58 Å². The number of hydrogen-bond acceptors (Lipinski definition) is 4. The number of rotatable bonds is 7. The summed E-state index contributed by atoms with van der Waals surface area (Å²) in [5, 5.41) is 8.71. The third kappa shape index (κ3) is 6.62. The summed E-state index contributed by atoms with van der Waals surface area (Å²) in [6.45, 7) is 7.63. The number of aliphatic hydroxyl groups excluding tert-OH is 1. The van der Waals surface area contributed by atoms with Crippen molar-refractivity contribution < 1.29 is 19.4 Å². The molecule has 4 nitrogen and oxygen atoms in total. The molecule has 0 bridgehead atoms. The van der Waals surface area contributed by atoms with Gasteiger partial charge in [0.2, 0.25) is 0 Å². The van der Waals surface area contributed by atoms with Crippen molar-refractivity contribution in [3.05, 3.63) is 12.7 Å². The predicted molar refractivity (Wildman–Crippen MR) is 52.9 cm³/mol. The molecule has 0 unspecified atom stereocenters. The van der Waals surface area contributed by atoms with Crippen molar-refractivity contribution in [2.45, 2.75) is 25.9 Å². The molecule has 0 aliphatic heterocycles. The van der Waals surface area contributed by atoms with E-state index in [1.54, 1.807) is 0 Å². The van der Waals surface area contributed by atoms with Crippen LogP contribution in [-0.2, 0) is 14.3 Å². The summed E-state index contributed by atoms with van der Waals surface area (Å²) in [5.74, 6) is -0.450. The van der Waals surface area contributed by atoms with Crippen molar-refractivity contribution in [1.82, 2.24) is 0 Å². The lowest BCUT2D eigenvalue weighted by molar-refractivity contribution is -0.141. The Morgan fingerprint density at radius 2 is 2.14 bits per heavy atom. The quantitative estimate of drug-likeness (QED) is 0.378. The number of carbonyl (C=O) groups is 1. The Balaban J connectivity index is 3.53. The highest BCUT2D eigenvalue weighted by molar-refractivity contribution is 5.81. The lowest BCUT2D eigenvalue weighted by Gasteiger charge is -2.24. The van der Waals surface area contributed by atoms with Gasteiger partial charge in [-0.3, -0.25) is 0 Å². The Morgan fingerprint density at radius 1 is 1.50 bits per heavy atom. The normalized spacial score (nSPS) is 11.1. The van der Waals surface area contributed by atoms with Gasteiger partial charge in [0.25, 0.3) is 0 Å². The second-order valence-corrected chi connectivity index (χ2v) is 3.45. The van der Waals surface area contributed by atoms with Crippen LogP contribution in [0, 0.1) is 0 Å². The van der Waals surface area contributed by atoms with E-state index in [1.807, 2.05) is 13.8 Å². The highest BCUT2D eigenvalue weighted by atomic mass is 16.6. The zero-order valence-electron chi connectivity index (χ0n) is 8.78. The van der Waals surface area contributed by atoms with Crippen LogP contribution < -0.4 is 0 Å². The van der Waals surface area contributed by atoms with Gasteiger partial charge in [-0.2, -0.15) is 0 Å². The van der Waals surface area contributed by atoms with E-state index in [1.165, 1.54) is 0 Å². The summed E-state index contributed by atoms with van der Waals surface area (Å²) in [5.41, 5.74) is -0.380. The van der Waals surface area contributed by atoms with Crippen LogP contribution >= 0.6 is 0 Å². The number of ether oxygens (including phenoxy) is 2. The summed E-state index contributed by atoms with van der Waals surface area (Å²) in [7, 11) is 0. The maximum absolute atomic E-state index is 10.6. The van der Waals surface area contributed by atoms with Gasteiger partial charge in [0.15, 0.2) is 0 Å². The van der Waals surface area contributed by atoms with E-state index in [9.17, 15) is 4.79 Å². The molecular formula is C10H18O4. The summed E-state index contributed by atoms with van der Waals surface area (Å²) in [4.78, 5) is 10.6. The molecule has 0 amide bonds. The summed E-state index contributed by atoms with van der Waals surface area (Å²) in [6.07, 6.45) is 1.67. The van der Waals surface area contributed by atoms with Gasteiger partial charge in [0.1, 0.15) is 6.61 Å². The minimum atomic E-state index is -0.450. The van der Waals surface area contributed by atoms with Crippen molar-refractivity contribution in [1.29, 1.82) is 0 Å². The van der Waals surface area contributed by atoms with E-state index < -0.39 is 5.97 Å². The van der Waals surface area contributed by atoms with Gasteiger partial charge in [-0.25, -0.2) is 4.79 Å². The maximum Gasteiger partial charge on any atom is 0.330 e. The molecule has 0 saturated heterocycles. The summed E-state index contributed by atoms with van der Waals surface area (Å²) < 4.78 is 10.1. The smallest absolute Gasteiger partial charge is 0.330 e. The van der Waals surface area contributed by atoms with E-state index in [4.69, 9.17) is 14.6 Å². The van der Waals surface area contributed by atoms with Crippen molar-refractivity contribution in [2.24, 2.45) is 0 Å². The third-order valence-corrected chi connectivity index (χ3v) is 1.70. The molecule has 0 atom stereocenters. The zero-order chi connectivity index (χ0) is 11.0. The molecule has 0 spiro atoms. The Hall–Kier alpha value is -0.870. The first kappa shape index (κ1) is 13.1. The van der Waals surface area contributed by atoms with Gasteiger partial charge in [-0.1, -0.05) is 6.58 Å². The number of hydrogen-bond donors (Lipinski definition) is 1. The maximum atomic E-state index is 10.6. The standard InChI is InChI=1S/C10H18O4/c1-4-9(12)13-7-8-14-10(2,3)5-6-11/h4,11H,1,5-8H2,2-3H3. The summed E-state index contributed by atoms with van der Waals surface area (Å²) in [6, 6.07) is 0. The molecule has 82 valence electrons. The molecule has 14 heavy (non-hydrogen) atoms. The van der Waals surface area contributed by atoms with Crippen molar-refractivity contribution in [3.8, 4) is 0 Å². The highest BCUT2D eigenvalue weighted by Crippen LogP contribution is 2.12. The van der Waals surface area contributed by atoms with Crippen LogP contribution in [0.15, 0.2) is 12.7 Å². The fourth-order valence-electron chi connectivity index (χ4n) is 0.861. The fraction of sp³-hybridized carbons (Fsp3) is 0.700. The van der Waals surface area contributed by atoms with Crippen LogP contribution in [-0.4, -0.2) is 36.5 Å². The number of esters is 1. The molecule has 0 rings (SSSR count). The average Bonchev–Trinajstić information content (AvgIpc) is 2.12. The first-order valence-corrected chi connectivity index (χ1v) is 4.56. The molecule has 0 heterocycles. The Labute approximate surface area is 84.5 Å². The second kappa shape index (κ2) is 6.56. The lowest BCUT2D eigenvalue weighted by atomic mass is 10.1. The van der Waals surface area contributed by atoms with Gasteiger partial charge in [0, 0.05) is 12.7 Å². The Bertz CT molecular complexity index is 187. The Morgan fingerprint density at radius 3 is 2.64 bits per heavy atom. The first-order chi connectivity index (χ1) is 6.52. The van der Waals surface area contributed by atoms with Crippen LogP contribution in [0.25, 0.3) is 0 Å². The number of aliphatic hydroxyl groups is 1. The minimum absolute atomic E-state index is 0.0828. The molecular weight excluding hydrogens is 184 g/mol. The van der Waals surface area contributed by atoms with Crippen LogP contribution in [0.2, 0.25) is 0 Å². The van der Waals surface area contributed by atoms with E-state index >= 15 is 0 Å². The van der Waals surface area contributed by atoms with Crippen LogP contribution in [0.1, 0.15) is 20.3 Å². The molecule has 0 aliphatic rings. The second-order valence-electron chi connectivity index (χ2n) is 3.45. The average molecular weight is 202 g/mol. The fourth-order valence-corrected chi connectivity index (χ4v) is 0.861. The molecule has 0 fully saturated rings. The van der Waals surface area contributed by atoms with Gasteiger partial charge >= 0.3 is 5.97 Å². The van der Waals surface area contributed by atoms with Crippen molar-refractivity contribution in [3.63, 3.8) is 0 Å². The van der Waals surface area contributed by atoms with Gasteiger partial charge < -0.3 is 14.6 Å². The van der Waals surface area contributed by atoms with E-state index in [-0.39, 0.29) is 18.8 Å². The van der Waals surface area contributed by atoms with Crippen LogP contribution in [0.5, 0.6) is 0 Å². The molecule has 0 aliphatic carbocycles. The molecule has 0 saturated carbocycles. The highest BCUT2D eigenvalue weighted by Gasteiger charge is 2.17. The molecule has 1 N–H and O–H groups in total. The predicted octanol–water partition coefficient (Wildman–Crippen LogP) is 0.893. The number of carbonyl (C=O) groups excluding carboxylic acids is 1. The van der Waals surface area contributed by atoms with E-state index in [0.717, 1.165) is 6.08 Å². The van der Waals surface area contributed by atoms with Crippen molar-refractivity contribution in [2.75, 3.05) is 19.8 Å². The monoisotopic (exact) mass is 202 g/mol. The topological polar surface area (TPSA) is 55.8 Å². The van der Waals surface area contributed by atoms with Gasteiger partial charge in [-0.05, 0) is 20.3 Å². The van der Waals surface area contributed by atoms with Gasteiger partial charge in [-0.15, -0.1) is 0 Å². The zero-order valence-corrected chi connectivity index (χ0v) is 8.78.